The van der Waals surface area contributed by atoms with Gasteiger partial charge in [0.25, 0.3) is 0 Å². The van der Waals surface area contributed by atoms with Crippen LogP contribution in [-0.2, 0) is 0 Å². The van der Waals surface area contributed by atoms with Crippen LogP contribution >= 0.6 is 0 Å². The molecule has 0 bridgehead atoms. The molecule has 0 amide bonds. The van der Waals surface area contributed by atoms with Crippen molar-refractivity contribution in [3.63, 3.8) is 0 Å². The van der Waals surface area contributed by atoms with E-state index in [1.165, 1.54) is 54.1 Å². The first-order valence-corrected chi connectivity index (χ1v) is 20.1. The van der Waals surface area contributed by atoms with Crippen LogP contribution in [0.4, 0.5) is 0 Å². The lowest BCUT2D eigenvalue weighted by Gasteiger charge is -2.16. The predicted molar refractivity (Wildman–Crippen MR) is 248 cm³/mol. The van der Waals surface area contributed by atoms with Gasteiger partial charge in [0.1, 0.15) is 0 Å². The maximum absolute atomic E-state index is 5.43. The van der Waals surface area contributed by atoms with Gasteiger partial charge in [-0.2, -0.15) is 0 Å². The van der Waals surface area contributed by atoms with Gasteiger partial charge in [-0.15, -0.1) is 0 Å². The highest BCUT2D eigenvalue weighted by Crippen LogP contribution is 2.41. The van der Waals surface area contributed by atoms with Gasteiger partial charge < -0.3 is 4.57 Å². The van der Waals surface area contributed by atoms with Crippen molar-refractivity contribution in [1.29, 1.82) is 0 Å². The van der Waals surface area contributed by atoms with Crippen LogP contribution in [0.5, 0.6) is 0 Å². The Labute approximate surface area is 341 Å². The molecule has 0 spiro atoms. The number of fused-ring (bicyclic) bond motifs is 7. The molecule has 3 nitrogen and oxygen atoms in total. The van der Waals surface area contributed by atoms with Crippen molar-refractivity contribution in [2.45, 2.75) is 0 Å². The lowest BCUT2D eigenvalue weighted by molar-refractivity contribution is 1.17. The van der Waals surface area contributed by atoms with Gasteiger partial charge >= 0.3 is 0 Å². The molecular weight excluding hydrogens is 715 g/mol. The Morgan fingerprint density at radius 1 is 0.305 bits per heavy atom. The summed E-state index contributed by atoms with van der Waals surface area (Å²) < 4.78 is 2.38. The minimum Gasteiger partial charge on any atom is -0.309 e. The zero-order valence-corrected chi connectivity index (χ0v) is 32.0. The lowest BCUT2D eigenvalue weighted by atomic mass is 9.90. The summed E-state index contributed by atoms with van der Waals surface area (Å²) in [6, 6.07) is 76.4. The van der Waals surface area contributed by atoms with Gasteiger partial charge in [0, 0.05) is 33.0 Å². The first kappa shape index (κ1) is 33.3. The molecule has 10 aromatic carbocycles. The number of benzene rings is 10. The highest BCUT2D eigenvalue weighted by Gasteiger charge is 2.19. The molecule has 0 aliphatic rings. The summed E-state index contributed by atoms with van der Waals surface area (Å²) in [5.41, 5.74) is 11.9. The third kappa shape index (κ3) is 5.59. The van der Waals surface area contributed by atoms with E-state index in [9.17, 15) is 0 Å². The minimum absolute atomic E-state index is 0.692. The van der Waals surface area contributed by atoms with Crippen LogP contribution in [0.2, 0.25) is 0 Å². The molecular formula is C56H35N3. The Morgan fingerprint density at radius 3 is 1.59 bits per heavy atom. The fourth-order valence-corrected chi connectivity index (χ4v) is 9.01. The molecule has 12 rings (SSSR count). The molecule has 0 N–H and O–H groups in total. The Morgan fingerprint density at radius 2 is 0.864 bits per heavy atom. The van der Waals surface area contributed by atoms with Gasteiger partial charge in [0.05, 0.1) is 22.2 Å². The maximum Gasteiger partial charge on any atom is 0.160 e. The van der Waals surface area contributed by atoms with Crippen molar-refractivity contribution in [3.05, 3.63) is 212 Å². The van der Waals surface area contributed by atoms with Crippen LogP contribution in [-0.4, -0.2) is 14.5 Å². The molecule has 59 heavy (non-hydrogen) atoms. The van der Waals surface area contributed by atoms with Gasteiger partial charge in [-0.25, -0.2) is 9.97 Å². The van der Waals surface area contributed by atoms with Crippen molar-refractivity contribution < 1.29 is 0 Å². The quantitative estimate of drug-likeness (QED) is 0.175. The molecule has 12 aromatic rings. The normalized spacial score (nSPS) is 11.7. The molecule has 2 aromatic heterocycles. The molecule has 0 fully saturated rings. The van der Waals surface area contributed by atoms with Gasteiger partial charge in [-0.05, 0) is 121 Å². The van der Waals surface area contributed by atoms with E-state index in [0.717, 1.165) is 55.7 Å². The third-order valence-corrected chi connectivity index (χ3v) is 11.9. The Bertz CT molecular complexity index is 3600. The number of rotatable bonds is 5. The average Bonchev–Trinajstić information content (AvgIpc) is 3.63. The van der Waals surface area contributed by atoms with Crippen LogP contribution in [0.25, 0.3) is 116 Å². The van der Waals surface area contributed by atoms with Gasteiger partial charge in [-0.1, -0.05) is 146 Å². The molecule has 0 saturated heterocycles. The molecule has 0 unspecified atom stereocenters. The van der Waals surface area contributed by atoms with Crippen molar-refractivity contribution in [1.82, 2.24) is 14.5 Å². The minimum atomic E-state index is 0.692. The molecule has 0 aliphatic carbocycles. The Hall–Kier alpha value is -7.88. The van der Waals surface area contributed by atoms with Crippen molar-refractivity contribution >= 4 is 65.0 Å². The first-order valence-electron chi connectivity index (χ1n) is 20.1. The highest BCUT2D eigenvalue weighted by molar-refractivity contribution is 6.13. The molecule has 2 heterocycles. The second-order valence-corrected chi connectivity index (χ2v) is 15.4. The molecule has 0 atom stereocenters. The van der Waals surface area contributed by atoms with Gasteiger partial charge in [-0.3, -0.25) is 0 Å². The van der Waals surface area contributed by atoms with E-state index in [1.54, 1.807) is 0 Å². The predicted octanol–water partition coefficient (Wildman–Crippen LogP) is 14.9. The average molecular weight is 750 g/mol. The van der Waals surface area contributed by atoms with Crippen LogP contribution in [0.15, 0.2) is 212 Å². The van der Waals surface area contributed by atoms with E-state index < -0.39 is 0 Å². The number of hydrogen-bond donors (Lipinski definition) is 0. The fraction of sp³-hybridized carbons (Fsp3) is 0. The number of hydrogen-bond acceptors (Lipinski definition) is 2. The van der Waals surface area contributed by atoms with Crippen molar-refractivity contribution in [2.24, 2.45) is 0 Å². The number of nitrogens with zero attached hydrogens (tertiary/aromatic N) is 3. The summed E-state index contributed by atoms with van der Waals surface area (Å²) in [5.74, 6) is 0.692. The standard InChI is InChI=1S/C56H35N3/c1-2-14-38(15-3-1)48-34-51-52(35-49(48)44-24-22-36-12-4-6-16-40(36)30-44)57-56(58-55(51)45-25-23-37-13-5-7-17-41(37)31-45)39-26-28-46(29-27-39)59-53-21-11-10-20-47(53)50-32-42-18-8-9-19-43(42)33-54(50)59/h1-35H. The monoisotopic (exact) mass is 749 g/mol. The molecule has 0 saturated carbocycles. The summed E-state index contributed by atoms with van der Waals surface area (Å²) >= 11 is 0. The summed E-state index contributed by atoms with van der Waals surface area (Å²) in [6.45, 7) is 0. The molecule has 0 aliphatic heterocycles. The topological polar surface area (TPSA) is 30.7 Å². The summed E-state index contributed by atoms with van der Waals surface area (Å²) in [7, 11) is 0. The number of aromatic nitrogens is 3. The highest BCUT2D eigenvalue weighted by atomic mass is 15.0. The number of para-hydroxylation sites is 1. The second kappa shape index (κ2) is 13.4. The second-order valence-electron chi connectivity index (χ2n) is 15.4. The molecule has 3 heteroatoms. The van der Waals surface area contributed by atoms with Crippen LogP contribution in [0, 0.1) is 0 Å². The molecule has 0 radical (unpaired) electrons. The van der Waals surface area contributed by atoms with E-state index in [0.29, 0.717) is 5.82 Å². The zero-order valence-electron chi connectivity index (χ0n) is 32.0. The Kier molecular flexibility index (Phi) is 7.54. The van der Waals surface area contributed by atoms with Crippen molar-refractivity contribution in [3.8, 4) is 50.6 Å². The van der Waals surface area contributed by atoms with Crippen LogP contribution in [0.3, 0.4) is 0 Å². The maximum atomic E-state index is 5.43. The SMILES string of the molecule is c1ccc(-c2cc3c(-c4ccc5ccccc5c4)nc(-c4ccc(-n5c6ccccc6c6cc7ccccc7cc65)cc4)nc3cc2-c2ccc3ccccc3c2)cc1. The largest absolute Gasteiger partial charge is 0.309 e. The van der Waals surface area contributed by atoms with E-state index in [2.05, 4.69) is 217 Å². The van der Waals surface area contributed by atoms with Gasteiger partial charge in [0.2, 0.25) is 0 Å². The first-order chi connectivity index (χ1) is 29.2. The van der Waals surface area contributed by atoms with E-state index in [4.69, 9.17) is 9.97 Å². The summed E-state index contributed by atoms with van der Waals surface area (Å²) in [6.07, 6.45) is 0. The zero-order chi connectivity index (χ0) is 38.9. The lowest BCUT2D eigenvalue weighted by Crippen LogP contribution is -1.98. The van der Waals surface area contributed by atoms with Gasteiger partial charge in [0.15, 0.2) is 5.82 Å². The van der Waals surface area contributed by atoms with Crippen LogP contribution in [0.1, 0.15) is 0 Å². The smallest absolute Gasteiger partial charge is 0.160 e. The van der Waals surface area contributed by atoms with E-state index >= 15 is 0 Å². The van der Waals surface area contributed by atoms with E-state index in [-0.39, 0.29) is 0 Å². The molecule has 274 valence electrons. The summed E-state index contributed by atoms with van der Waals surface area (Å²) in [4.78, 5) is 10.8. The van der Waals surface area contributed by atoms with E-state index in [1.807, 2.05) is 0 Å². The Balaban J connectivity index is 1.07. The van der Waals surface area contributed by atoms with Crippen LogP contribution < -0.4 is 0 Å². The third-order valence-electron chi connectivity index (χ3n) is 11.9. The summed E-state index contributed by atoms with van der Waals surface area (Å²) in [5, 5.41) is 10.8. The van der Waals surface area contributed by atoms with Crippen molar-refractivity contribution in [2.75, 3.05) is 0 Å². The fourth-order valence-electron chi connectivity index (χ4n) is 9.01.